The SMILES string of the molecule is [CH2]CCCCCCCCCCCCCCCCC[CH]C. The molecule has 0 aromatic heterocycles. The van der Waals surface area contributed by atoms with Crippen LogP contribution in [-0.4, -0.2) is 0 Å². The molecular formula is C20H40. The van der Waals surface area contributed by atoms with Gasteiger partial charge in [0.2, 0.25) is 0 Å². The summed E-state index contributed by atoms with van der Waals surface area (Å²) in [4.78, 5) is 0. The minimum Gasteiger partial charge on any atom is -0.0623 e. The topological polar surface area (TPSA) is 0 Å². The number of hydrogen-bond donors (Lipinski definition) is 0. The first-order chi connectivity index (χ1) is 9.91. The van der Waals surface area contributed by atoms with E-state index in [1.54, 1.807) is 0 Å². The van der Waals surface area contributed by atoms with Crippen molar-refractivity contribution in [2.75, 3.05) is 0 Å². The maximum Gasteiger partial charge on any atom is -0.0417 e. The number of rotatable bonds is 17. The molecule has 0 heteroatoms. The average molecular weight is 281 g/mol. The van der Waals surface area contributed by atoms with E-state index in [9.17, 15) is 0 Å². The lowest BCUT2D eigenvalue weighted by molar-refractivity contribution is 0.530. The van der Waals surface area contributed by atoms with Gasteiger partial charge in [-0.1, -0.05) is 123 Å². The van der Waals surface area contributed by atoms with Crippen LogP contribution >= 0.6 is 0 Å². The Bertz CT molecular complexity index is 132. The van der Waals surface area contributed by atoms with Gasteiger partial charge in [-0.05, 0) is 6.42 Å². The Morgan fingerprint density at radius 2 is 0.800 bits per heavy atom. The molecule has 0 fully saturated rings. The molecule has 0 nitrogen and oxygen atoms in total. The van der Waals surface area contributed by atoms with Gasteiger partial charge in [-0.25, -0.2) is 0 Å². The Labute approximate surface area is 130 Å². The minimum absolute atomic E-state index is 1.12. The monoisotopic (exact) mass is 280 g/mol. The van der Waals surface area contributed by atoms with Crippen LogP contribution in [0.15, 0.2) is 0 Å². The lowest BCUT2D eigenvalue weighted by atomic mass is 10.0. The van der Waals surface area contributed by atoms with Crippen LogP contribution in [0.2, 0.25) is 0 Å². The van der Waals surface area contributed by atoms with Crippen LogP contribution in [0.1, 0.15) is 116 Å². The maximum atomic E-state index is 3.89. The second kappa shape index (κ2) is 19.0. The van der Waals surface area contributed by atoms with E-state index >= 15 is 0 Å². The van der Waals surface area contributed by atoms with Crippen molar-refractivity contribution in [1.82, 2.24) is 0 Å². The third-order valence-corrected chi connectivity index (χ3v) is 4.24. The highest BCUT2D eigenvalue weighted by Gasteiger charge is 1.94. The lowest BCUT2D eigenvalue weighted by Gasteiger charge is -2.03. The van der Waals surface area contributed by atoms with Crippen molar-refractivity contribution in [3.63, 3.8) is 0 Å². The molecule has 0 saturated carbocycles. The Balaban J connectivity index is 2.89. The van der Waals surface area contributed by atoms with E-state index < -0.39 is 0 Å². The van der Waals surface area contributed by atoms with Gasteiger partial charge in [0.15, 0.2) is 0 Å². The quantitative estimate of drug-likeness (QED) is 0.240. The zero-order valence-electron chi connectivity index (χ0n) is 14.3. The van der Waals surface area contributed by atoms with Crippen LogP contribution in [0.5, 0.6) is 0 Å². The highest BCUT2D eigenvalue weighted by molar-refractivity contribution is 4.55. The summed E-state index contributed by atoms with van der Waals surface area (Å²) in [6, 6.07) is 0. The largest absolute Gasteiger partial charge is 0.0623 e. The van der Waals surface area contributed by atoms with Gasteiger partial charge in [-0.15, -0.1) is 0 Å². The molecule has 20 heavy (non-hydrogen) atoms. The second-order valence-corrected chi connectivity index (χ2v) is 6.35. The summed E-state index contributed by atoms with van der Waals surface area (Å²) in [5.41, 5.74) is 0. The lowest BCUT2D eigenvalue weighted by Crippen LogP contribution is -1.83. The summed E-state index contributed by atoms with van der Waals surface area (Å²) in [5, 5.41) is 0. The van der Waals surface area contributed by atoms with E-state index in [2.05, 4.69) is 20.3 Å². The van der Waals surface area contributed by atoms with Crippen molar-refractivity contribution < 1.29 is 0 Å². The Kier molecular flexibility index (Phi) is 19.0. The van der Waals surface area contributed by atoms with Crippen molar-refractivity contribution in [1.29, 1.82) is 0 Å². The fourth-order valence-electron chi connectivity index (χ4n) is 2.82. The highest BCUT2D eigenvalue weighted by Crippen LogP contribution is 2.14. The fraction of sp³-hybridized carbons (Fsp3) is 0.900. The molecule has 0 aliphatic heterocycles. The molecule has 0 aliphatic rings. The summed E-state index contributed by atoms with van der Waals surface area (Å²) in [5.74, 6) is 0. The molecule has 0 aromatic rings. The van der Waals surface area contributed by atoms with Gasteiger partial charge < -0.3 is 0 Å². The van der Waals surface area contributed by atoms with E-state index in [-0.39, 0.29) is 0 Å². The molecule has 2 radical (unpaired) electrons. The van der Waals surface area contributed by atoms with Crippen LogP contribution in [-0.2, 0) is 0 Å². The molecule has 0 rings (SSSR count). The zero-order valence-corrected chi connectivity index (χ0v) is 14.3. The molecule has 0 spiro atoms. The third kappa shape index (κ3) is 18.0. The van der Waals surface area contributed by atoms with E-state index in [0.29, 0.717) is 0 Å². The number of hydrogen-bond acceptors (Lipinski definition) is 0. The van der Waals surface area contributed by atoms with Gasteiger partial charge >= 0.3 is 0 Å². The fourth-order valence-corrected chi connectivity index (χ4v) is 2.82. The van der Waals surface area contributed by atoms with Crippen LogP contribution < -0.4 is 0 Å². The number of unbranched alkanes of at least 4 members (excludes halogenated alkanes) is 17. The highest BCUT2D eigenvalue weighted by atomic mass is 14.0. The van der Waals surface area contributed by atoms with Gasteiger partial charge in [0.1, 0.15) is 0 Å². The van der Waals surface area contributed by atoms with Crippen molar-refractivity contribution in [3.8, 4) is 0 Å². The summed E-state index contributed by atoms with van der Waals surface area (Å²) < 4.78 is 0. The Morgan fingerprint density at radius 3 is 1.10 bits per heavy atom. The summed E-state index contributed by atoms with van der Waals surface area (Å²) in [7, 11) is 0. The van der Waals surface area contributed by atoms with Gasteiger partial charge in [-0.2, -0.15) is 0 Å². The normalized spacial score (nSPS) is 11.1. The minimum atomic E-state index is 1.12. The van der Waals surface area contributed by atoms with Gasteiger partial charge in [0.05, 0.1) is 0 Å². The molecule has 0 heterocycles. The molecule has 0 aromatic carbocycles. The van der Waals surface area contributed by atoms with Crippen molar-refractivity contribution >= 4 is 0 Å². The van der Waals surface area contributed by atoms with E-state index in [4.69, 9.17) is 0 Å². The first kappa shape index (κ1) is 20.0. The van der Waals surface area contributed by atoms with Crippen LogP contribution in [0, 0.1) is 13.3 Å². The standard InChI is InChI=1S/C20H40/c1-3-5-7-9-11-13-15-17-19-20-18-16-14-12-10-8-6-4-2/h4H,1,3,5-20H2,2H3. The van der Waals surface area contributed by atoms with Crippen LogP contribution in [0.4, 0.5) is 0 Å². The molecule has 0 bridgehead atoms. The summed E-state index contributed by atoms with van der Waals surface area (Å²) in [6.45, 7) is 6.06. The van der Waals surface area contributed by atoms with Crippen LogP contribution in [0.25, 0.3) is 0 Å². The molecule has 0 atom stereocenters. The van der Waals surface area contributed by atoms with Gasteiger partial charge in [0, 0.05) is 0 Å². The molecular weight excluding hydrogens is 240 g/mol. The van der Waals surface area contributed by atoms with Gasteiger partial charge in [-0.3, -0.25) is 0 Å². The average Bonchev–Trinajstić information content (AvgIpc) is 2.47. The second-order valence-electron chi connectivity index (χ2n) is 6.35. The first-order valence-corrected chi connectivity index (χ1v) is 9.49. The summed E-state index contributed by atoms with van der Waals surface area (Å²) in [6.07, 6.45) is 26.4. The van der Waals surface area contributed by atoms with Crippen molar-refractivity contribution in [2.24, 2.45) is 0 Å². The van der Waals surface area contributed by atoms with Gasteiger partial charge in [0.25, 0.3) is 0 Å². The molecule has 120 valence electrons. The molecule has 0 N–H and O–H groups in total. The molecule has 0 unspecified atom stereocenters. The van der Waals surface area contributed by atoms with Crippen molar-refractivity contribution in [2.45, 2.75) is 116 Å². The van der Waals surface area contributed by atoms with E-state index in [1.807, 2.05) is 0 Å². The maximum absolute atomic E-state index is 3.89. The predicted molar refractivity (Wildman–Crippen MR) is 93.8 cm³/mol. The van der Waals surface area contributed by atoms with E-state index in [0.717, 1.165) is 6.42 Å². The van der Waals surface area contributed by atoms with E-state index in [1.165, 1.54) is 103 Å². The van der Waals surface area contributed by atoms with Crippen LogP contribution in [0.3, 0.4) is 0 Å². The summed E-state index contributed by atoms with van der Waals surface area (Å²) >= 11 is 0. The Morgan fingerprint density at radius 1 is 0.500 bits per heavy atom. The smallest absolute Gasteiger partial charge is 0.0417 e. The van der Waals surface area contributed by atoms with Crippen molar-refractivity contribution in [3.05, 3.63) is 13.3 Å². The molecule has 0 amide bonds. The predicted octanol–water partition coefficient (Wildman–Crippen LogP) is 7.68. The molecule has 0 saturated heterocycles. The third-order valence-electron chi connectivity index (χ3n) is 4.24. The first-order valence-electron chi connectivity index (χ1n) is 9.49. The molecule has 0 aliphatic carbocycles. The Hall–Kier alpha value is 0. The zero-order chi connectivity index (χ0) is 14.7.